The zero-order chi connectivity index (χ0) is 26.6. The quantitative estimate of drug-likeness (QED) is 0.293. The summed E-state index contributed by atoms with van der Waals surface area (Å²) in [5.41, 5.74) is 6.35. The molecule has 0 amide bonds. The first-order chi connectivity index (χ1) is 17.4. The summed E-state index contributed by atoms with van der Waals surface area (Å²) >= 11 is 0. The highest BCUT2D eigenvalue weighted by Gasteiger charge is 2.54. The second-order valence-electron chi connectivity index (χ2n) is 13.8. The summed E-state index contributed by atoms with van der Waals surface area (Å²) < 4.78 is 0.933. The summed E-state index contributed by atoms with van der Waals surface area (Å²) in [5.74, 6) is 1.12. The van der Waals surface area contributed by atoms with Gasteiger partial charge in [0.1, 0.15) is 18.7 Å². The number of piperidine rings is 3. The van der Waals surface area contributed by atoms with Crippen molar-refractivity contribution in [2.45, 2.75) is 83.9 Å². The fraction of sp³-hybridized carbons (Fsp3) is 0.500. The van der Waals surface area contributed by atoms with Crippen LogP contribution < -0.4 is 0 Å². The van der Waals surface area contributed by atoms with Crippen LogP contribution in [0.4, 0.5) is 0 Å². The van der Waals surface area contributed by atoms with E-state index in [2.05, 4.69) is 89.5 Å². The van der Waals surface area contributed by atoms with Gasteiger partial charge >= 0.3 is 0 Å². The highest BCUT2D eigenvalue weighted by atomic mass is 16.3. The van der Waals surface area contributed by atoms with E-state index in [-0.39, 0.29) is 16.9 Å². The van der Waals surface area contributed by atoms with Gasteiger partial charge in [0, 0.05) is 35.9 Å². The number of benzene rings is 2. The van der Waals surface area contributed by atoms with E-state index in [0.717, 1.165) is 47.0 Å². The van der Waals surface area contributed by atoms with Gasteiger partial charge in [0.25, 0.3) is 0 Å². The van der Waals surface area contributed by atoms with Crippen molar-refractivity contribution in [1.82, 2.24) is 4.98 Å². The predicted molar refractivity (Wildman–Crippen MR) is 154 cm³/mol. The van der Waals surface area contributed by atoms with Crippen LogP contribution in [0.25, 0.3) is 10.9 Å². The minimum Gasteiger partial charge on any atom is -0.382 e. The Morgan fingerprint density at radius 2 is 1.70 bits per heavy atom. The highest BCUT2D eigenvalue weighted by Crippen LogP contribution is 2.48. The number of pyridine rings is 1. The third-order valence-electron chi connectivity index (χ3n) is 9.26. The lowest BCUT2D eigenvalue weighted by atomic mass is 9.71. The molecule has 0 radical (unpaired) electrons. The first-order valence-corrected chi connectivity index (χ1v) is 14.1. The molecule has 4 heterocycles. The number of fused-ring (bicyclic) bond motifs is 4. The zero-order valence-corrected chi connectivity index (χ0v) is 23.7. The smallest absolute Gasteiger partial charge is 0.131 e. The largest absolute Gasteiger partial charge is 0.382 e. The van der Waals surface area contributed by atoms with E-state index in [9.17, 15) is 5.11 Å². The van der Waals surface area contributed by atoms with E-state index in [4.69, 9.17) is 0 Å². The van der Waals surface area contributed by atoms with Gasteiger partial charge in [-0.3, -0.25) is 4.98 Å². The van der Waals surface area contributed by atoms with Crippen molar-refractivity contribution in [2.24, 2.45) is 11.8 Å². The van der Waals surface area contributed by atoms with Gasteiger partial charge in [-0.05, 0) is 57.7 Å². The molecular weight excluding hydrogens is 452 g/mol. The fourth-order valence-corrected chi connectivity index (χ4v) is 6.98. The third-order valence-corrected chi connectivity index (χ3v) is 9.26. The first-order valence-electron chi connectivity index (χ1n) is 14.1. The van der Waals surface area contributed by atoms with Gasteiger partial charge in [0.2, 0.25) is 0 Å². The number of nitrogens with zero attached hydrogens (tertiary/aromatic N) is 2. The van der Waals surface area contributed by atoms with Crippen molar-refractivity contribution in [2.75, 3.05) is 13.1 Å². The maximum atomic E-state index is 12.1. The SMILES string of the molecule is C=C[C@H]1C[N@+]2(Cc3cc(C(C)(C)C)cc(C(C)(C)C)c3)CC[C@H]1C[C@@H]2[C@@H](O)c1ccnc2ccccc12. The maximum absolute atomic E-state index is 12.1. The molecule has 0 saturated carbocycles. The minimum absolute atomic E-state index is 0.0867. The molecule has 0 spiro atoms. The monoisotopic (exact) mass is 497 g/mol. The Labute approximate surface area is 223 Å². The molecule has 3 aromatic rings. The van der Waals surface area contributed by atoms with Gasteiger partial charge in [0.15, 0.2) is 0 Å². The third kappa shape index (κ3) is 4.89. The van der Waals surface area contributed by atoms with Crippen LogP contribution in [0.1, 0.15) is 82.7 Å². The van der Waals surface area contributed by atoms with E-state index in [1.54, 1.807) is 0 Å². The number of hydrogen-bond acceptors (Lipinski definition) is 2. The van der Waals surface area contributed by atoms with Gasteiger partial charge in [-0.25, -0.2) is 0 Å². The molecule has 2 bridgehead atoms. The van der Waals surface area contributed by atoms with Crippen LogP contribution in [0, 0.1) is 11.8 Å². The number of hydrogen-bond donors (Lipinski definition) is 1. The lowest BCUT2D eigenvalue weighted by molar-refractivity contribution is -0.984. The maximum Gasteiger partial charge on any atom is 0.131 e. The molecule has 3 fully saturated rings. The van der Waals surface area contributed by atoms with Crippen molar-refractivity contribution in [3.05, 3.63) is 89.6 Å². The normalized spacial score (nSPS) is 26.8. The van der Waals surface area contributed by atoms with Gasteiger partial charge < -0.3 is 9.59 Å². The Hall–Kier alpha value is -2.49. The van der Waals surface area contributed by atoms with Crippen LogP contribution >= 0.6 is 0 Å². The molecule has 1 N–H and O–H groups in total. The van der Waals surface area contributed by atoms with Crippen LogP contribution in [0.5, 0.6) is 0 Å². The summed E-state index contributed by atoms with van der Waals surface area (Å²) in [4.78, 5) is 4.56. The van der Waals surface area contributed by atoms with Gasteiger partial charge in [-0.2, -0.15) is 0 Å². The molecule has 1 aromatic heterocycles. The topological polar surface area (TPSA) is 33.1 Å². The lowest BCUT2D eigenvalue weighted by Crippen LogP contribution is -2.67. The van der Waals surface area contributed by atoms with Crippen LogP contribution in [-0.4, -0.2) is 33.7 Å². The molecule has 196 valence electrons. The summed E-state index contributed by atoms with van der Waals surface area (Å²) in [6.07, 6.45) is 5.78. The zero-order valence-electron chi connectivity index (χ0n) is 23.7. The first kappa shape index (κ1) is 26.1. The molecule has 3 aliphatic rings. The van der Waals surface area contributed by atoms with Crippen molar-refractivity contribution in [1.29, 1.82) is 0 Å². The summed E-state index contributed by atoms with van der Waals surface area (Å²) in [5, 5.41) is 13.1. The van der Waals surface area contributed by atoms with Crippen molar-refractivity contribution in [3.8, 4) is 0 Å². The van der Waals surface area contributed by atoms with E-state index in [1.807, 2.05) is 24.4 Å². The van der Waals surface area contributed by atoms with Crippen LogP contribution in [-0.2, 0) is 17.4 Å². The number of aliphatic hydroxyl groups is 1. The molecule has 3 saturated heterocycles. The Kier molecular flexibility index (Phi) is 6.61. The second kappa shape index (κ2) is 9.36. The summed E-state index contributed by atoms with van der Waals surface area (Å²) in [6.45, 7) is 21.2. The van der Waals surface area contributed by atoms with Crippen molar-refractivity contribution >= 4 is 10.9 Å². The Balaban J connectivity index is 1.59. The number of quaternary nitrogens is 1. The van der Waals surface area contributed by atoms with Crippen molar-refractivity contribution < 1.29 is 9.59 Å². The summed E-state index contributed by atoms with van der Waals surface area (Å²) in [6, 6.07) is 17.7. The van der Waals surface area contributed by atoms with E-state index in [0.29, 0.717) is 11.8 Å². The summed E-state index contributed by atoms with van der Waals surface area (Å²) in [7, 11) is 0. The Bertz CT molecular complexity index is 1260. The molecule has 6 rings (SSSR count). The Morgan fingerprint density at radius 1 is 1.03 bits per heavy atom. The number of rotatable bonds is 5. The molecule has 37 heavy (non-hydrogen) atoms. The molecule has 0 aliphatic carbocycles. The molecule has 3 aliphatic heterocycles. The second-order valence-corrected chi connectivity index (χ2v) is 13.8. The number of para-hydroxylation sites is 1. The highest BCUT2D eigenvalue weighted by molar-refractivity contribution is 5.82. The van der Waals surface area contributed by atoms with Crippen LogP contribution in [0.3, 0.4) is 0 Å². The predicted octanol–water partition coefficient (Wildman–Crippen LogP) is 7.47. The standard InChI is InChI=1S/C34H45N2O/c1-8-24-22-36(21-23-17-26(33(2,3)4)20-27(18-23)34(5,6)7)16-14-25(24)19-31(36)32(37)29-13-15-35-30-12-10-9-11-28(29)30/h8-13,15,17-18,20,24-25,31-32,37H,1,14,16,19,21-22H2,2-7H3/q+1/t24-,25-,31+,32-,36+/m0/s1. The Morgan fingerprint density at radius 3 is 2.35 bits per heavy atom. The van der Waals surface area contributed by atoms with Gasteiger partial charge in [-0.1, -0.05) is 71.9 Å². The fourth-order valence-electron chi connectivity index (χ4n) is 6.98. The minimum atomic E-state index is -0.519. The van der Waals surface area contributed by atoms with E-state index < -0.39 is 6.10 Å². The molecule has 3 heteroatoms. The lowest BCUT2D eigenvalue weighted by Gasteiger charge is -2.58. The van der Waals surface area contributed by atoms with Crippen LogP contribution in [0.15, 0.2) is 67.4 Å². The number of aromatic nitrogens is 1. The van der Waals surface area contributed by atoms with E-state index in [1.165, 1.54) is 23.1 Å². The molecular formula is C34H45N2O+. The molecule has 5 atom stereocenters. The molecule has 3 nitrogen and oxygen atoms in total. The van der Waals surface area contributed by atoms with E-state index >= 15 is 0 Å². The van der Waals surface area contributed by atoms with Gasteiger partial charge in [-0.15, -0.1) is 6.58 Å². The van der Waals surface area contributed by atoms with Crippen LogP contribution in [0.2, 0.25) is 0 Å². The molecule has 2 aromatic carbocycles. The average molecular weight is 498 g/mol. The average Bonchev–Trinajstić information content (AvgIpc) is 2.86. The molecule has 0 unspecified atom stereocenters. The van der Waals surface area contributed by atoms with Gasteiger partial charge in [0.05, 0.1) is 18.6 Å². The van der Waals surface area contributed by atoms with Crippen molar-refractivity contribution in [3.63, 3.8) is 0 Å². The number of aliphatic hydroxyl groups excluding tert-OH is 1.